The van der Waals surface area contributed by atoms with Crippen molar-refractivity contribution in [1.29, 1.82) is 0 Å². The first kappa shape index (κ1) is 15.8. The van der Waals surface area contributed by atoms with Crippen LogP contribution in [0.5, 0.6) is 5.75 Å². The van der Waals surface area contributed by atoms with E-state index >= 15 is 0 Å². The van der Waals surface area contributed by atoms with E-state index in [-0.39, 0.29) is 0 Å². The number of likely N-dealkylation sites (tertiary alicyclic amines) is 1. The van der Waals surface area contributed by atoms with Gasteiger partial charge in [0.05, 0.1) is 11.5 Å². The van der Waals surface area contributed by atoms with Crippen LogP contribution in [0.3, 0.4) is 0 Å². The lowest BCUT2D eigenvalue weighted by Gasteiger charge is -2.20. The van der Waals surface area contributed by atoms with Gasteiger partial charge in [-0.15, -0.1) is 0 Å². The second kappa shape index (κ2) is 5.83. The Hall–Kier alpha value is -1.11. The number of hydrogen-bond donors (Lipinski definition) is 0. The maximum atomic E-state index is 12.9. The second-order valence-electron chi connectivity index (χ2n) is 6.42. The second-order valence-corrected chi connectivity index (χ2v) is 8.33. The van der Waals surface area contributed by atoms with Gasteiger partial charge in [-0.25, -0.2) is 8.42 Å². The minimum Gasteiger partial charge on any atom is -0.494 e. The van der Waals surface area contributed by atoms with Crippen LogP contribution in [-0.2, 0) is 10.0 Å². The molecule has 0 bridgehead atoms. The van der Waals surface area contributed by atoms with Crippen LogP contribution in [0.1, 0.15) is 12.5 Å². The van der Waals surface area contributed by atoms with Gasteiger partial charge in [0.2, 0.25) is 10.0 Å². The molecule has 2 saturated heterocycles. The van der Waals surface area contributed by atoms with Gasteiger partial charge in [-0.1, -0.05) is 0 Å². The Kier molecular flexibility index (Phi) is 4.18. The molecule has 2 aliphatic rings. The van der Waals surface area contributed by atoms with E-state index < -0.39 is 10.0 Å². The highest BCUT2D eigenvalue weighted by Gasteiger charge is 2.43. The zero-order valence-electron chi connectivity index (χ0n) is 13.4. The molecular formula is C16H24N2O3S. The summed E-state index contributed by atoms with van der Waals surface area (Å²) in [5.74, 6) is 1.67. The van der Waals surface area contributed by atoms with Gasteiger partial charge in [0.25, 0.3) is 0 Å². The predicted octanol–water partition coefficient (Wildman–Crippen LogP) is 1.58. The molecular weight excluding hydrogens is 300 g/mol. The summed E-state index contributed by atoms with van der Waals surface area (Å²) in [5, 5.41) is 0. The molecule has 0 amide bonds. The fourth-order valence-corrected chi connectivity index (χ4v) is 5.45. The molecule has 0 radical (unpaired) electrons. The number of hydrogen-bond acceptors (Lipinski definition) is 4. The molecule has 0 spiro atoms. The predicted molar refractivity (Wildman–Crippen MR) is 85.6 cm³/mol. The average Bonchev–Trinajstić information content (AvgIpc) is 2.96. The highest BCUT2D eigenvalue weighted by molar-refractivity contribution is 7.89. The van der Waals surface area contributed by atoms with Crippen LogP contribution in [0, 0.1) is 18.8 Å². The normalized spacial score (nSPS) is 26.3. The quantitative estimate of drug-likeness (QED) is 0.844. The molecule has 2 fully saturated rings. The Labute approximate surface area is 132 Å². The van der Waals surface area contributed by atoms with E-state index in [0.29, 0.717) is 36.4 Å². The molecule has 6 heteroatoms. The summed E-state index contributed by atoms with van der Waals surface area (Å²) in [5.41, 5.74) is 0.750. The molecule has 0 aliphatic carbocycles. The molecule has 3 rings (SSSR count). The third-order valence-electron chi connectivity index (χ3n) is 4.71. The Morgan fingerprint density at radius 3 is 2.36 bits per heavy atom. The van der Waals surface area contributed by atoms with Crippen molar-refractivity contribution < 1.29 is 13.2 Å². The third kappa shape index (κ3) is 2.75. The molecule has 2 heterocycles. The van der Waals surface area contributed by atoms with Gasteiger partial charge < -0.3 is 9.64 Å². The number of benzene rings is 1. The summed E-state index contributed by atoms with van der Waals surface area (Å²) in [4.78, 5) is 2.70. The average molecular weight is 324 g/mol. The van der Waals surface area contributed by atoms with Gasteiger partial charge in [-0.3, -0.25) is 0 Å². The highest BCUT2D eigenvalue weighted by atomic mass is 32.2. The van der Waals surface area contributed by atoms with Crippen molar-refractivity contribution in [3.63, 3.8) is 0 Å². The van der Waals surface area contributed by atoms with E-state index in [1.807, 2.05) is 13.8 Å². The number of aryl methyl sites for hydroxylation is 1. The fourth-order valence-electron chi connectivity index (χ4n) is 3.69. The van der Waals surface area contributed by atoms with Crippen LogP contribution < -0.4 is 4.74 Å². The molecule has 2 atom stereocenters. The van der Waals surface area contributed by atoms with Gasteiger partial charge >= 0.3 is 0 Å². The van der Waals surface area contributed by atoms with Crippen LogP contribution in [0.15, 0.2) is 23.1 Å². The van der Waals surface area contributed by atoms with Crippen molar-refractivity contribution in [2.75, 3.05) is 39.8 Å². The minimum absolute atomic E-state index is 0.407. The van der Waals surface area contributed by atoms with E-state index in [0.717, 1.165) is 24.4 Å². The highest BCUT2D eigenvalue weighted by Crippen LogP contribution is 2.34. The van der Waals surface area contributed by atoms with Crippen LogP contribution >= 0.6 is 0 Å². The van der Waals surface area contributed by atoms with Crippen molar-refractivity contribution >= 4 is 10.0 Å². The van der Waals surface area contributed by atoms with Crippen molar-refractivity contribution in [2.24, 2.45) is 11.8 Å². The SMILES string of the molecule is CCOc1ccc(S(=O)(=O)N2C[C@H]3CN(C)C[C@H]3C2)c(C)c1. The van der Waals surface area contributed by atoms with Gasteiger partial charge in [-0.05, 0) is 56.5 Å². The topological polar surface area (TPSA) is 49.9 Å². The maximum absolute atomic E-state index is 12.9. The van der Waals surface area contributed by atoms with Crippen LogP contribution in [0.4, 0.5) is 0 Å². The number of fused-ring (bicyclic) bond motifs is 1. The molecule has 0 saturated carbocycles. The summed E-state index contributed by atoms with van der Waals surface area (Å²) in [6.07, 6.45) is 0. The molecule has 2 aliphatic heterocycles. The van der Waals surface area contributed by atoms with Gasteiger partial charge in [0.15, 0.2) is 0 Å². The first-order valence-electron chi connectivity index (χ1n) is 7.84. The van der Waals surface area contributed by atoms with Gasteiger partial charge in [-0.2, -0.15) is 4.31 Å². The Bertz CT molecular complexity index is 645. The molecule has 22 heavy (non-hydrogen) atoms. The molecule has 1 aromatic carbocycles. The summed E-state index contributed by atoms with van der Waals surface area (Å²) >= 11 is 0. The summed E-state index contributed by atoms with van der Waals surface area (Å²) in [6.45, 7) is 7.61. The Morgan fingerprint density at radius 1 is 1.18 bits per heavy atom. The largest absolute Gasteiger partial charge is 0.494 e. The lowest BCUT2D eigenvalue weighted by molar-refractivity contribution is 0.339. The van der Waals surface area contributed by atoms with E-state index in [9.17, 15) is 8.42 Å². The fraction of sp³-hybridized carbons (Fsp3) is 0.625. The van der Waals surface area contributed by atoms with E-state index in [2.05, 4.69) is 11.9 Å². The maximum Gasteiger partial charge on any atom is 0.243 e. The van der Waals surface area contributed by atoms with Crippen molar-refractivity contribution in [1.82, 2.24) is 9.21 Å². The number of sulfonamides is 1. The number of nitrogens with zero attached hydrogens (tertiary/aromatic N) is 2. The molecule has 0 N–H and O–H groups in total. The summed E-state index contributed by atoms with van der Waals surface area (Å²) in [6, 6.07) is 5.23. The molecule has 1 aromatic rings. The smallest absolute Gasteiger partial charge is 0.243 e. The van der Waals surface area contributed by atoms with Crippen molar-refractivity contribution in [2.45, 2.75) is 18.7 Å². The van der Waals surface area contributed by atoms with E-state index in [4.69, 9.17) is 4.74 Å². The van der Waals surface area contributed by atoms with Crippen molar-refractivity contribution in [3.05, 3.63) is 23.8 Å². The zero-order valence-corrected chi connectivity index (χ0v) is 14.3. The Balaban J connectivity index is 1.82. The van der Waals surface area contributed by atoms with Crippen LogP contribution in [0.2, 0.25) is 0 Å². The number of ether oxygens (including phenoxy) is 1. The van der Waals surface area contributed by atoms with E-state index in [1.54, 1.807) is 22.5 Å². The van der Waals surface area contributed by atoms with Crippen LogP contribution in [-0.4, -0.2) is 57.5 Å². The molecule has 0 unspecified atom stereocenters. The summed E-state index contributed by atoms with van der Waals surface area (Å²) in [7, 11) is -1.30. The lowest BCUT2D eigenvalue weighted by atomic mass is 10.0. The Morgan fingerprint density at radius 2 is 1.82 bits per heavy atom. The van der Waals surface area contributed by atoms with Gasteiger partial charge in [0.1, 0.15) is 5.75 Å². The molecule has 0 aromatic heterocycles. The zero-order chi connectivity index (χ0) is 15.9. The first-order chi connectivity index (χ1) is 10.4. The molecule has 122 valence electrons. The van der Waals surface area contributed by atoms with Gasteiger partial charge in [0, 0.05) is 26.2 Å². The molecule has 5 nitrogen and oxygen atoms in total. The monoisotopic (exact) mass is 324 g/mol. The number of rotatable bonds is 4. The third-order valence-corrected chi connectivity index (χ3v) is 6.70. The standard InChI is InChI=1S/C16H24N2O3S/c1-4-21-15-5-6-16(12(2)7-15)22(19,20)18-10-13-8-17(3)9-14(13)11-18/h5-7,13-14H,4,8-11H2,1-3H3/t13-,14+. The first-order valence-corrected chi connectivity index (χ1v) is 9.28. The lowest BCUT2D eigenvalue weighted by Crippen LogP contribution is -2.32. The van der Waals surface area contributed by atoms with Crippen LogP contribution in [0.25, 0.3) is 0 Å². The summed E-state index contributed by atoms with van der Waals surface area (Å²) < 4.78 is 32.9. The van der Waals surface area contributed by atoms with E-state index in [1.165, 1.54) is 0 Å². The minimum atomic E-state index is -3.40. The van der Waals surface area contributed by atoms with Crippen molar-refractivity contribution in [3.8, 4) is 5.75 Å².